The van der Waals surface area contributed by atoms with E-state index in [9.17, 15) is 38.4 Å². The first-order valence-electron chi connectivity index (χ1n) is 26.3. The Bertz CT molecular complexity index is 1980. The molecule has 29 heteroatoms. The van der Waals surface area contributed by atoms with Gasteiger partial charge >= 0.3 is 47.8 Å². The Labute approximate surface area is 494 Å². The van der Waals surface area contributed by atoms with Crippen molar-refractivity contribution in [1.29, 1.82) is 0 Å². The van der Waals surface area contributed by atoms with Gasteiger partial charge in [-0.1, -0.05) is 52.6 Å². The highest BCUT2D eigenvalue weighted by molar-refractivity contribution is 5.83. The van der Waals surface area contributed by atoms with Crippen LogP contribution in [0.15, 0.2) is 101 Å². The maximum Gasteiger partial charge on any atom is 0.365 e. The summed E-state index contributed by atoms with van der Waals surface area (Å²) in [5.41, 5.74) is 0. The van der Waals surface area contributed by atoms with E-state index < -0.39 is 84.4 Å². The highest BCUT2D eigenvalue weighted by atomic mass is 17.2. The molecule has 0 aliphatic carbocycles. The van der Waals surface area contributed by atoms with Gasteiger partial charge in [0.25, 0.3) is 0 Å². The molecule has 480 valence electrons. The summed E-state index contributed by atoms with van der Waals surface area (Å²) in [6.45, 7) is 24.0. The first kappa shape index (κ1) is 78.2. The van der Waals surface area contributed by atoms with Crippen LogP contribution in [0, 0.1) is 0 Å². The van der Waals surface area contributed by atoms with Crippen molar-refractivity contribution in [3.05, 3.63) is 101 Å². The molecule has 0 fully saturated rings. The molecule has 29 nitrogen and oxygen atoms in total. The number of ether oxygens (including phenoxy) is 19. The summed E-state index contributed by atoms with van der Waals surface area (Å²) in [7, 11) is 0. The third kappa shape index (κ3) is 48.1. The summed E-state index contributed by atoms with van der Waals surface area (Å²) in [4.78, 5) is 102. The largest absolute Gasteiger partial charge is 0.460 e. The van der Waals surface area contributed by atoms with Crippen LogP contribution < -0.4 is 0 Å². The Kier molecular flexibility index (Phi) is 50.6. The van der Waals surface area contributed by atoms with Crippen molar-refractivity contribution in [1.82, 2.24) is 0 Å². The first-order valence-corrected chi connectivity index (χ1v) is 26.3. The molecule has 0 amide bonds. The van der Waals surface area contributed by atoms with Crippen LogP contribution in [0.2, 0.25) is 0 Å². The van der Waals surface area contributed by atoms with Crippen molar-refractivity contribution in [2.45, 2.75) is 36.6 Å². The van der Waals surface area contributed by atoms with Gasteiger partial charge in [0, 0.05) is 48.6 Å². The Balaban J connectivity index is 6.20. The molecule has 0 radical (unpaired) electrons. The second-order valence-corrected chi connectivity index (χ2v) is 16.2. The SMILES string of the molecule is C=CC(=O)OCCOCC(COCC(COCC(COCC(COCC(COCC(COOC(=O)C=C)OCCOC(=O)C=C)OCCOC(=O)C=C)OCCOC(=O)C=C)OCCOC(=O)C=C)OCCOC(=O)C=C)OCCOC(=O)C=C. The van der Waals surface area contributed by atoms with Gasteiger partial charge in [0.1, 0.15) is 89.5 Å². The van der Waals surface area contributed by atoms with E-state index >= 15 is 0 Å². The summed E-state index contributed by atoms with van der Waals surface area (Å²) in [6.07, 6.45) is 3.06. The van der Waals surface area contributed by atoms with E-state index in [2.05, 4.69) is 57.5 Å². The number of carbonyl (C=O) groups excluding carboxylic acids is 8. The molecule has 0 N–H and O–H groups in total. The van der Waals surface area contributed by atoms with Gasteiger partial charge in [0.05, 0.1) is 119 Å². The molecule has 0 aromatic rings. The van der Waals surface area contributed by atoms with E-state index in [4.69, 9.17) is 94.9 Å². The van der Waals surface area contributed by atoms with Gasteiger partial charge in [-0.15, -0.1) is 0 Å². The molecule has 0 bridgehead atoms. The minimum absolute atomic E-state index is 0.0163. The molecular weight excluding hydrogens is 1140 g/mol. The molecule has 0 aliphatic rings. The highest BCUT2D eigenvalue weighted by Gasteiger charge is 2.21. The van der Waals surface area contributed by atoms with Crippen molar-refractivity contribution in [3.63, 3.8) is 0 Å². The van der Waals surface area contributed by atoms with Crippen LogP contribution in [0.3, 0.4) is 0 Å². The molecule has 0 aliphatic heterocycles. The van der Waals surface area contributed by atoms with Gasteiger partial charge in [0.2, 0.25) is 0 Å². The molecule has 0 rings (SSSR count). The molecule has 0 saturated carbocycles. The van der Waals surface area contributed by atoms with E-state index in [-0.39, 0.29) is 172 Å². The van der Waals surface area contributed by atoms with E-state index in [1.54, 1.807) is 0 Å². The third-order valence-electron chi connectivity index (χ3n) is 9.63. The van der Waals surface area contributed by atoms with E-state index in [1.807, 2.05) is 0 Å². The van der Waals surface area contributed by atoms with Crippen LogP contribution in [-0.4, -0.2) is 256 Å². The molecular formula is C56H82O29. The number of hydrogen-bond donors (Lipinski definition) is 0. The van der Waals surface area contributed by atoms with Gasteiger partial charge < -0.3 is 90.0 Å². The first-order chi connectivity index (χ1) is 41.2. The zero-order chi connectivity index (χ0) is 63.0. The summed E-state index contributed by atoms with van der Waals surface area (Å²) in [5, 5.41) is 0. The zero-order valence-electron chi connectivity index (χ0n) is 48.0. The lowest BCUT2D eigenvalue weighted by Gasteiger charge is -2.24. The quantitative estimate of drug-likeness (QED) is 0.0206. The van der Waals surface area contributed by atoms with Crippen molar-refractivity contribution >= 4 is 47.8 Å². The van der Waals surface area contributed by atoms with Gasteiger partial charge in [-0.2, -0.15) is 4.89 Å². The summed E-state index contributed by atoms with van der Waals surface area (Å²) >= 11 is 0. The average Bonchev–Trinajstić information content (AvgIpc) is 3.51. The lowest BCUT2D eigenvalue weighted by molar-refractivity contribution is -0.282. The topological polar surface area (TPSA) is 330 Å². The number of carbonyl (C=O) groups is 8. The van der Waals surface area contributed by atoms with Crippen molar-refractivity contribution in [2.75, 3.05) is 172 Å². The Morgan fingerprint density at radius 1 is 0.224 bits per heavy atom. The van der Waals surface area contributed by atoms with Crippen LogP contribution in [-0.2, 0) is 138 Å². The Morgan fingerprint density at radius 2 is 0.400 bits per heavy atom. The van der Waals surface area contributed by atoms with Crippen molar-refractivity contribution in [3.8, 4) is 0 Å². The minimum Gasteiger partial charge on any atom is -0.460 e. The molecule has 0 spiro atoms. The zero-order valence-corrected chi connectivity index (χ0v) is 48.0. The highest BCUT2D eigenvalue weighted by Crippen LogP contribution is 2.07. The van der Waals surface area contributed by atoms with E-state index in [0.717, 1.165) is 48.6 Å². The van der Waals surface area contributed by atoms with Gasteiger partial charge in [0.15, 0.2) is 0 Å². The fraction of sp³-hybridized carbons (Fsp3) is 0.571. The molecule has 85 heavy (non-hydrogen) atoms. The average molecular weight is 1220 g/mol. The minimum atomic E-state index is -0.858. The Hall–Kier alpha value is -6.84. The van der Waals surface area contributed by atoms with E-state index in [1.165, 1.54) is 0 Å². The van der Waals surface area contributed by atoms with Crippen LogP contribution in [0.5, 0.6) is 0 Å². The molecule has 0 aromatic carbocycles. The van der Waals surface area contributed by atoms with Crippen LogP contribution in [0.25, 0.3) is 0 Å². The second kappa shape index (κ2) is 55.1. The smallest absolute Gasteiger partial charge is 0.365 e. The number of rotatable bonds is 60. The number of hydrogen-bond acceptors (Lipinski definition) is 29. The van der Waals surface area contributed by atoms with Crippen LogP contribution >= 0.6 is 0 Å². The maximum absolute atomic E-state index is 11.8. The Morgan fingerprint density at radius 3 is 0.600 bits per heavy atom. The van der Waals surface area contributed by atoms with Gasteiger partial charge in [-0.05, 0) is 0 Å². The lowest BCUT2D eigenvalue weighted by Crippen LogP contribution is -2.36. The van der Waals surface area contributed by atoms with E-state index in [0.29, 0.717) is 0 Å². The lowest BCUT2D eigenvalue weighted by atomic mass is 10.3. The molecule has 0 heterocycles. The fourth-order valence-corrected chi connectivity index (χ4v) is 5.69. The summed E-state index contributed by atoms with van der Waals surface area (Å²) in [6, 6.07) is 0. The molecule has 6 atom stereocenters. The monoisotopic (exact) mass is 1220 g/mol. The predicted octanol–water partition coefficient (Wildman–Crippen LogP) is 1.16. The number of esters is 7. The van der Waals surface area contributed by atoms with Gasteiger partial charge in [-0.3, -0.25) is 4.89 Å². The third-order valence-corrected chi connectivity index (χ3v) is 9.63. The maximum atomic E-state index is 11.8. The molecule has 0 aromatic heterocycles. The summed E-state index contributed by atoms with van der Waals surface area (Å²) < 4.78 is 106. The fourth-order valence-electron chi connectivity index (χ4n) is 5.69. The normalized spacial score (nSPS) is 12.9. The van der Waals surface area contributed by atoms with Crippen molar-refractivity contribution < 1.29 is 138 Å². The molecule has 0 saturated heterocycles. The summed E-state index contributed by atoms with van der Waals surface area (Å²) in [5.74, 6) is -5.50. The van der Waals surface area contributed by atoms with Crippen LogP contribution in [0.4, 0.5) is 0 Å². The predicted molar refractivity (Wildman–Crippen MR) is 294 cm³/mol. The van der Waals surface area contributed by atoms with Crippen LogP contribution in [0.1, 0.15) is 0 Å². The molecule has 6 unspecified atom stereocenters. The standard InChI is InChI=1S/C56H82O29/c1-9-49(57)77-18-17-65-31-43(71-19-25-78-50(58)10-2)32-66-33-44(72-20-26-79-51(59)11-3)34-67-35-45(73-21-27-80-52(60)12-4)36-68-37-46(74-22-28-81-53(61)13-5)38-69-39-47(75-23-29-82-54(62)14-6)40-70-41-48(42-84-85-56(64)16-8)76-24-30-83-55(63)15-7/h9-16,43-48H,1-8,17-42H2. The van der Waals surface area contributed by atoms with Gasteiger partial charge in [-0.25, -0.2) is 38.4 Å². The van der Waals surface area contributed by atoms with Crippen molar-refractivity contribution in [2.24, 2.45) is 0 Å². The second-order valence-electron chi connectivity index (χ2n) is 16.2.